The monoisotopic (exact) mass is 254 g/mol. The van der Waals surface area contributed by atoms with Gasteiger partial charge in [0.05, 0.1) is 0 Å². The van der Waals surface area contributed by atoms with Crippen molar-refractivity contribution in [3.05, 3.63) is 35.5 Å². The summed E-state index contributed by atoms with van der Waals surface area (Å²) < 4.78 is 15.7. The molecule has 0 aromatic carbocycles. The fraction of sp³-hybridized carbons (Fsp3) is 0.538. The maximum atomic E-state index is 5.22. The summed E-state index contributed by atoms with van der Waals surface area (Å²) >= 11 is 0. The Kier molecular flexibility index (Phi) is 7.12. The summed E-state index contributed by atoms with van der Waals surface area (Å²) in [6.07, 6.45) is 9.90. The summed E-state index contributed by atoms with van der Waals surface area (Å²) in [6.45, 7) is 7.86. The van der Waals surface area contributed by atoms with Crippen molar-refractivity contribution in [2.24, 2.45) is 0 Å². The molecule has 2 bridgehead atoms. The van der Waals surface area contributed by atoms with Crippen molar-refractivity contribution in [2.75, 3.05) is 19.8 Å². The summed E-state index contributed by atoms with van der Waals surface area (Å²) in [5.41, 5.74) is 2.94. The molecule has 0 amide bonds. The van der Waals surface area contributed by atoms with Gasteiger partial charge >= 0.3 is 9.53 Å². The molecule has 0 spiro atoms. The van der Waals surface area contributed by atoms with E-state index in [1.807, 2.05) is 20.8 Å². The Hall–Kier alpha value is -0.683. The van der Waals surface area contributed by atoms with Crippen LogP contribution in [-0.4, -0.2) is 29.3 Å². The summed E-state index contributed by atoms with van der Waals surface area (Å²) in [6, 6.07) is 0. The minimum absolute atomic E-state index is 0.677. The zero-order valence-electron chi connectivity index (χ0n) is 10.9. The fourth-order valence-electron chi connectivity index (χ4n) is 1.56. The second kappa shape index (κ2) is 8.41. The van der Waals surface area contributed by atoms with E-state index in [0.717, 1.165) is 0 Å². The highest BCUT2D eigenvalue weighted by Crippen LogP contribution is 2.27. The second-order valence-corrected chi connectivity index (χ2v) is 5.23. The van der Waals surface area contributed by atoms with E-state index in [-0.39, 0.29) is 0 Å². The van der Waals surface area contributed by atoms with Gasteiger partial charge in [-0.05, 0) is 38.3 Å². The average Bonchev–Trinajstić information content (AvgIpc) is 2.95. The number of hydrogen-bond acceptors (Lipinski definition) is 3. The zero-order valence-corrected chi connectivity index (χ0v) is 12.1. The van der Waals surface area contributed by atoms with Gasteiger partial charge in [0.1, 0.15) is 0 Å². The molecule has 0 heterocycles. The van der Waals surface area contributed by atoms with E-state index in [9.17, 15) is 0 Å². The molecule has 96 valence electrons. The van der Waals surface area contributed by atoms with Gasteiger partial charge in [0.15, 0.2) is 0 Å². The van der Waals surface area contributed by atoms with E-state index in [0.29, 0.717) is 19.8 Å². The van der Waals surface area contributed by atoms with Crippen molar-refractivity contribution in [3.8, 4) is 0 Å². The molecule has 2 rings (SSSR count). The van der Waals surface area contributed by atoms with Crippen LogP contribution in [0.2, 0.25) is 0 Å². The van der Waals surface area contributed by atoms with Crippen molar-refractivity contribution >= 4 is 9.53 Å². The fourth-order valence-corrected chi connectivity index (χ4v) is 2.67. The van der Waals surface area contributed by atoms with Crippen LogP contribution in [0.4, 0.5) is 0 Å². The highest BCUT2D eigenvalue weighted by Gasteiger charge is 2.11. The predicted molar refractivity (Wildman–Crippen MR) is 72.0 cm³/mol. The van der Waals surface area contributed by atoms with Gasteiger partial charge in [-0.1, -0.05) is 24.3 Å². The Balaban J connectivity index is 0.000000177. The van der Waals surface area contributed by atoms with Crippen LogP contribution in [0.3, 0.4) is 0 Å². The van der Waals surface area contributed by atoms with Crippen molar-refractivity contribution in [1.29, 1.82) is 0 Å². The highest BCUT2D eigenvalue weighted by molar-refractivity contribution is 6.36. The molecule has 0 aliphatic heterocycles. The third-order valence-electron chi connectivity index (χ3n) is 2.34. The standard InChI is InChI=1S/C7H6.C6H16O3Si/c1-2-7-4-3-6(1)5-7;1-4-7-10(8-5-2)9-6-3/h1-4H,5H2;10H,4-6H2,1-3H3. The van der Waals surface area contributed by atoms with Crippen LogP contribution in [0.25, 0.3) is 0 Å². The third kappa shape index (κ3) is 5.45. The lowest BCUT2D eigenvalue weighted by atomic mass is 10.3. The molecule has 0 N–H and O–H groups in total. The predicted octanol–water partition coefficient (Wildman–Crippen LogP) is 2.63. The largest absolute Gasteiger partial charge is 0.484 e. The van der Waals surface area contributed by atoms with Gasteiger partial charge in [0.2, 0.25) is 0 Å². The number of hydrogen-bond donors (Lipinski definition) is 0. The van der Waals surface area contributed by atoms with Crippen molar-refractivity contribution < 1.29 is 13.3 Å². The van der Waals surface area contributed by atoms with E-state index in [2.05, 4.69) is 24.3 Å². The van der Waals surface area contributed by atoms with Crippen LogP contribution in [0.15, 0.2) is 35.5 Å². The topological polar surface area (TPSA) is 27.7 Å². The van der Waals surface area contributed by atoms with Gasteiger partial charge in [0, 0.05) is 19.8 Å². The van der Waals surface area contributed by atoms with Crippen LogP contribution < -0.4 is 0 Å². The molecule has 4 heteroatoms. The van der Waals surface area contributed by atoms with Gasteiger partial charge in [-0.3, -0.25) is 0 Å². The van der Waals surface area contributed by atoms with Gasteiger partial charge in [-0.25, -0.2) is 0 Å². The first-order valence-corrected chi connectivity index (χ1v) is 7.64. The molecule has 0 fully saturated rings. The summed E-state index contributed by atoms with van der Waals surface area (Å²) in [5.74, 6) is 0. The Labute approximate surface area is 106 Å². The normalized spacial score (nSPS) is 15.8. The third-order valence-corrected chi connectivity index (χ3v) is 4.16. The van der Waals surface area contributed by atoms with Crippen molar-refractivity contribution in [3.63, 3.8) is 0 Å². The lowest BCUT2D eigenvalue weighted by Gasteiger charge is -2.12. The minimum atomic E-state index is -1.73. The molecule has 0 aromatic heterocycles. The van der Waals surface area contributed by atoms with Crippen molar-refractivity contribution in [1.82, 2.24) is 0 Å². The highest BCUT2D eigenvalue weighted by atomic mass is 28.3. The van der Waals surface area contributed by atoms with Crippen LogP contribution in [0.1, 0.15) is 27.2 Å². The van der Waals surface area contributed by atoms with E-state index in [1.165, 1.54) is 17.6 Å². The maximum Gasteiger partial charge on any atom is 0.484 e. The smallest absolute Gasteiger partial charge is 0.376 e. The molecular formula is C13H22O3Si. The molecule has 0 radical (unpaired) electrons. The van der Waals surface area contributed by atoms with E-state index < -0.39 is 9.53 Å². The molecule has 0 aromatic rings. The molecule has 2 aliphatic rings. The lowest BCUT2D eigenvalue weighted by Crippen LogP contribution is -2.27. The summed E-state index contributed by atoms with van der Waals surface area (Å²) in [7, 11) is -1.73. The minimum Gasteiger partial charge on any atom is -0.376 e. The van der Waals surface area contributed by atoms with Crippen LogP contribution in [0.5, 0.6) is 0 Å². The van der Waals surface area contributed by atoms with Crippen LogP contribution in [0, 0.1) is 0 Å². The Morgan fingerprint density at radius 2 is 1.29 bits per heavy atom. The molecule has 0 saturated carbocycles. The molecule has 0 atom stereocenters. The van der Waals surface area contributed by atoms with E-state index >= 15 is 0 Å². The zero-order chi connectivity index (χ0) is 12.5. The summed E-state index contributed by atoms with van der Waals surface area (Å²) in [5, 5.41) is 0. The van der Waals surface area contributed by atoms with Crippen LogP contribution >= 0.6 is 0 Å². The average molecular weight is 254 g/mol. The Morgan fingerprint density at radius 1 is 0.882 bits per heavy atom. The first-order chi connectivity index (χ1) is 8.30. The molecule has 3 nitrogen and oxygen atoms in total. The van der Waals surface area contributed by atoms with Gasteiger partial charge in [-0.15, -0.1) is 0 Å². The van der Waals surface area contributed by atoms with Gasteiger partial charge in [-0.2, -0.15) is 0 Å². The lowest BCUT2D eigenvalue weighted by molar-refractivity contribution is 0.107. The van der Waals surface area contributed by atoms with E-state index in [4.69, 9.17) is 13.3 Å². The first kappa shape index (κ1) is 14.4. The van der Waals surface area contributed by atoms with E-state index in [1.54, 1.807) is 0 Å². The second-order valence-electron chi connectivity index (χ2n) is 3.65. The number of allylic oxidation sites excluding steroid dienone is 6. The number of rotatable bonds is 6. The van der Waals surface area contributed by atoms with Gasteiger partial charge < -0.3 is 13.3 Å². The quantitative estimate of drug-likeness (QED) is 0.682. The van der Waals surface area contributed by atoms with Gasteiger partial charge in [0.25, 0.3) is 0 Å². The van der Waals surface area contributed by atoms with Crippen molar-refractivity contribution in [2.45, 2.75) is 27.2 Å². The SMILES string of the molecule is C1=CC2=CC=C1C2.CCO[SiH](OCC)OCC. The van der Waals surface area contributed by atoms with Crippen LogP contribution in [-0.2, 0) is 13.3 Å². The molecule has 0 unspecified atom stereocenters. The molecular weight excluding hydrogens is 232 g/mol. The molecule has 0 saturated heterocycles. The Morgan fingerprint density at radius 3 is 1.47 bits per heavy atom. The Bertz CT molecular complexity index is 274. The summed E-state index contributed by atoms with van der Waals surface area (Å²) in [4.78, 5) is 0. The number of fused-ring (bicyclic) bond motifs is 2. The molecule has 2 aliphatic carbocycles. The maximum absolute atomic E-state index is 5.22. The first-order valence-electron chi connectivity index (χ1n) is 6.22. The molecule has 17 heavy (non-hydrogen) atoms.